The third-order valence-corrected chi connectivity index (χ3v) is 3.10. The summed E-state index contributed by atoms with van der Waals surface area (Å²) < 4.78 is 7.22. The molecule has 0 aliphatic carbocycles. The third-order valence-electron chi connectivity index (χ3n) is 3.10. The molecular weight excluding hydrogens is 240 g/mol. The molecule has 0 saturated heterocycles. The molecule has 102 valence electrons. The summed E-state index contributed by atoms with van der Waals surface area (Å²) >= 11 is 0. The Bertz CT molecular complexity index is 560. The fourth-order valence-electron chi connectivity index (χ4n) is 2.14. The first kappa shape index (κ1) is 13.6. The van der Waals surface area contributed by atoms with Crippen LogP contribution in [0.1, 0.15) is 23.7 Å². The Kier molecular flexibility index (Phi) is 4.58. The number of ether oxygens (including phenoxy) is 1. The molecule has 0 fully saturated rings. The average Bonchev–Trinajstić information content (AvgIpc) is 2.76. The maximum Gasteiger partial charge on any atom is 0.253 e. The predicted molar refractivity (Wildman–Crippen MR) is 76.4 cm³/mol. The summed E-state index contributed by atoms with van der Waals surface area (Å²) in [4.78, 5) is 12.1. The highest BCUT2D eigenvalue weighted by atomic mass is 16.5. The fraction of sp³-hybridized carbons (Fsp3) is 0.400. The van der Waals surface area contributed by atoms with Gasteiger partial charge in [0.15, 0.2) is 0 Å². The first-order valence-corrected chi connectivity index (χ1v) is 6.64. The standard InChI is InChI=1S/C15H20N2O2/c1-3-19-10-6-9-16-15(18)13-11-17(2)14-8-5-4-7-12(13)14/h4-5,7-8,11H,3,6,9-10H2,1-2H3,(H,16,18). The van der Waals surface area contributed by atoms with E-state index in [9.17, 15) is 4.79 Å². The number of hydrogen-bond acceptors (Lipinski definition) is 2. The van der Waals surface area contributed by atoms with Gasteiger partial charge in [0.25, 0.3) is 5.91 Å². The number of fused-ring (bicyclic) bond motifs is 1. The topological polar surface area (TPSA) is 43.3 Å². The van der Waals surface area contributed by atoms with Gasteiger partial charge in [-0.2, -0.15) is 0 Å². The molecule has 0 bridgehead atoms. The Morgan fingerprint density at radius 1 is 1.37 bits per heavy atom. The Morgan fingerprint density at radius 2 is 2.16 bits per heavy atom. The number of nitrogens with one attached hydrogen (secondary N) is 1. The van der Waals surface area contributed by atoms with Gasteiger partial charge in [-0.3, -0.25) is 4.79 Å². The summed E-state index contributed by atoms with van der Waals surface area (Å²) in [6, 6.07) is 7.92. The van der Waals surface area contributed by atoms with Gasteiger partial charge in [0.2, 0.25) is 0 Å². The van der Waals surface area contributed by atoms with E-state index in [2.05, 4.69) is 5.32 Å². The number of aryl methyl sites for hydroxylation is 1. The molecule has 4 heteroatoms. The molecule has 2 aromatic rings. The minimum Gasteiger partial charge on any atom is -0.382 e. The minimum absolute atomic E-state index is 0.0201. The SMILES string of the molecule is CCOCCCNC(=O)c1cn(C)c2ccccc12. The van der Waals surface area contributed by atoms with Crippen molar-refractivity contribution >= 4 is 16.8 Å². The highest BCUT2D eigenvalue weighted by Gasteiger charge is 2.12. The van der Waals surface area contributed by atoms with Crippen LogP contribution in [0.5, 0.6) is 0 Å². The van der Waals surface area contributed by atoms with Gasteiger partial charge in [-0.15, -0.1) is 0 Å². The summed E-state index contributed by atoms with van der Waals surface area (Å²) in [6.45, 7) is 4.01. The molecule has 1 aromatic carbocycles. The molecule has 0 atom stereocenters. The van der Waals surface area contributed by atoms with Crippen molar-refractivity contribution < 1.29 is 9.53 Å². The van der Waals surface area contributed by atoms with Gasteiger partial charge in [0.1, 0.15) is 0 Å². The van der Waals surface area contributed by atoms with Gasteiger partial charge < -0.3 is 14.6 Å². The van der Waals surface area contributed by atoms with Gasteiger partial charge >= 0.3 is 0 Å². The smallest absolute Gasteiger partial charge is 0.253 e. The quantitative estimate of drug-likeness (QED) is 0.810. The zero-order valence-corrected chi connectivity index (χ0v) is 11.5. The first-order chi connectivity index (χ1) is 9.24. The molecular formula is C15H20N2O2. The molecule has 1 aromatic heterocycles. The van der Waals surface area contributed by atoms with Crippen LogP contribution in [0.15, 0.2) is 30.5 Å². The lowest BCUT2D eigenvalue weighted by molar-refractivity contribution is 0.0945. The second kappa shape index (κ2) is 6.38. The zero-order chi connectivity index (χ0) is 13.7. The van der Waals surface area contributed by atoms with Crippen LogP contribution in [0.4, 0.5) is 0 Å². The van der Waals surface area contributed by atoms with Crippen molar-refractivity contribution in [1.82, 2.24) is 9.88 Å². The first-order valence-electron chi connectivity index (χ1n) is 6.64. The molecule has 19 heavy (non-hydrogen) atoms. The molecule has 0 aliphatic rings. The monoisotopic (exact) mass is 260 g/mol. The Morgan fingerprint density at radius 3 is 2.95 bits per heavy atom. The lowest BCUT2D eigenvalue weighted by Crippen LogP contribution is -2.25. The zero-order valence-electron chi connectivity index (χ0n) is 11.5. The van der Waals surface area contributed by atoms with Crippen molar-refractivity contribution in [3.8, 4) is 0 Å². The van der Waals surface area contributed by atoms with Gasteiger partial charge in [0.05, 0.1) is 5.56 Å². The Labute approximate surface area is 113 Å². The second-order valence-electron chi connectivity index (χ2n) is 4.48. The molecule has 0 unspecified atom stereocenters. The van der Waals surface area contributed by atoms with Crippen LogP contribution < -0.4 is 5.32 Å². The van der Waals surface area contributed by atoms with Crippen LogP contribution >= 0.6 is 0 Å². The van der Waals surface area contributed by atoms with Crippen LogP contribution in [0.3, 0.4) is 0 Å². The lowest BCUT2D eigenvalue weighted by atomic mass is 10.1. The number of benzene rings is 1. The molecule has 0 aliphatic heterocycles. The molecule has 1 heterocycles. The van der Waals surface area contributed by atoms with E-state index in [1.54, 1.807) is 0 Å². The molecule has 0 radical (unpaired) electrons. The van der Waals surface area contributed by atoms with Gasteiger partial charge in [-0.05, 0) is 19.4 Å². The number of amides is 1. The van der Waals surface area contributed by atoms with E-state index in [0.717, 1.165) is 29.5 Å². The molecule has 1 amide bonds. The van der Waals surface area contributed by atoms with Crippen molar-refractivity contribution in [3.63, 3.8) is 0 Å². The van der Waals surface area contributed by atoms with Crippen molar-refractivity contribution in [2.75, 3.05) is 19.8 Å². The average molecular weight is 260 g/mol. The van der Waals surface area contributed by atoms with Crippen molar-refractivity contribution in [2.24, 2.45) is 7.05 Å². The summed E-state index contributed by atoms with van der Waals surface area (Å²) in [5.74, 6) is -0.0201. The van der Waals surface area contributed by atoms with Crippen LogP contribution in [-0.4, -0.2) is 30.2 Å². The van der Waals surface area contributed by atoms with Gasteiger partial charge in [-0.25, -0.2) is 0 Å². The van der Waals surface area contributed by atoms with E-state index in [1.807, 2.05) is 49.0 Å². The Balaban J connectivity index is 2.01. The van der Waals surface area contributed by atoms with E-state index in [1.165, 1.54) is 0 Å². The highest BCUT2D eigenvalue weighted by Crippen LogP contribution is 2.19. The normalized spacial score (nSPS) is 10.8. The van der Waals surface area contributed by atoms with Crippen LogP contribution in [0.25, 0.3) is 10.9 Å². The number of hydrogen-bond donors (Lipinski definition) is 1. The van der Waals surface area contributed by atoms with E-state index < -0.39 is 0 Å². The molecule has 4 nitrogen and oxygen atoms in total. The summed E-state index contributed by atoms with van der Waals surface area (Å²) in [6.07, 6.45) is 2.72. The maximum absolute atomic E-state index is 12.1. The van der Waals surface area contributed by atoms with Gasteiger partial charge in [-0.1, -0.05) is 18.2 Å². The number of rotatable bonds is 6. The van der Waals surface area contributed by atoms with Crippen LogP contribution in [0.2, 0.25) is 0 Å². The largest absolute Gasteiger partial charge is 0.382 e. The van der Waals surface area contributed by atoms with E-state index in [4.69, 9.17) is 4.74 Å². The highest BCUT2D eigenvalue weighted by molar-refractivity contribution is 6.06. The second-order valence-corrected chi connectivity index (χ2v) is 4.48. The van der Waals surface area contributed by atoms with E-state index in [-0.39, 0.29) is 5.91 Å². The molecule has 0 saturated carbocycles. The number of carbonyl (C=O) groups excluding carboxylic acids is 1. The lowest BCUT2D eigenvalue weighted by Gasteiger charge is -2.04. The Hall–Kier alpha value is -1.81. The van der Waals surface area contributed by atoms with Crippen molar-refractivity contribution in [3.05, 3.63) is 36.0 Å². The maximum atomic E-state index is 12.1. The fourth-order valence-corrected chi connectivity index (χ4v) is 2.14. The van der Waals surface area contributed by atoms with E-state index in [0.29, 0.717) is 13.2 Å². The molecule has 0 spiro atoms. The number of nitrogens with zero attached hydrogens (tertiary/aromatic N) is 1. The summed E-state index contributed by atoms with van der Waals surface area (Å²) in [7, 11) is 1.95. The summed E-state index contributed by atoms with van der Waals surface area (Å²) in [5.41, 5.74) is 1.80. The van der Waals surface area contributed by atoms with Crippen LogP contribution in [0, 0.1) is 0 Å². The predicted octanol–water partition coefficient (Wildman–Crippen LogP) is 2.33. The number of carbonyl (C=O) groups is 1. The van der Waals surface area contributed by atoms with Crippen molar-refractivity contribution in [2.45, 2.75) is 13.3 Å². The van der Waals surface area contributed by atoms with E-state index >= 15 is 0 Å². The molecule has 1 N–H and O–H groups in total. The van der Waals surface area contributed by atoms with Crippen LogP contribution in [-0.2, 0) is 11.8 Å². The minimum atomic E-state index is -0.0201. The van der Waals surface area contributed by atoms with Gasteiger partial charge in [0, 0.05) is 43.9 Å². The number of para-hydroxylation sites is 1. The third kappa shape index (κ3) is 3.15. The van der Waals surface area contributed by atoms with Crippen molar-refractivity contribution in [1.29, 1.82) is 0 Å². The summed E-state index contributed by atoms with van der Waals surface area (Å²) in [5, 5.41) is 3.92. The number of aromatic nitrogens is 1. The molecule has 2 rings (SSSR count).